The maximum atomic E-state index is 4.38. The number of piperidine rings is 1. The van der Waals surface area contributed by atoms with Crippen molar-refractivity contribution in [2.45, 2.75) is 38.3 Å². The van der Waals surface area contributed by atoms with Gasteiger partial charge in [0.25, 0.3) is 0 Å². The monoisotopic (exact) mass is 233 g/mol. The molecule has 1 fully saturated rings. The predicted molar refractivity (Wildman–Crippen MR) is 71.1 cm³/mol. The van der Waals surface area contributed by atoms with Crippen molar-refractivity contribution in [3.63, 3.8) is 0 Å². The minimum Gasteiger partial charge on any atom is -0.317 e. The van der Waals surface area contributed by atoms with Crippen molar-refractivity contribution in [1.82, 2.24) is 15.2 Å². The zero-order valence-electron chi connectivity index (χ0n) is 10.9. The Kier molecular flexibility index (Phi) is 4.51. The first kappa shape index (κ1) is 12.5. The number of aromatic nitrogens is 1. The van der Waals surface area contributed by atoms with Crippen molar-refractivity contribution < 1.29 is 0 Å². The molecule has 1 saturated heterocycles. The van der Waals surface area contributed by atoms with E-state index in [4.69, 9.17) is 0 Å². The van der Waals surface area contributed by atoms with Gasteiger partial charge in [-0.1, -0.05) is 6.07 Å². The average molecular weight is 233 g/mol. The fourth-order valence-electron chi connectivity index (χ4n) is 2.62. The standard InChI is InChI=1S/C14H23N3/c1-12-11-14(15-2)7-10-17(12)9-6-13-5-3-4-8-16-13/h3-5,8,12,14-15H,6-7,9-11H2,1-2H3. The molecule has 0 saturated carbocycles. The predicted octanol–water partition coefficient (Wildman–Crippen LogP) is 1.70. The van der Waals surface area contributed by atoms with Crippen molar-refractivity contribution in [3.05, 3.63) is 30.1 Å². The van der Waals surface area contributed by atoms with Crippen molar-refractivity contribution in [3.8, 4) is 0 Å². The summed E-state index contributed by atoms with van der Waals surface area (Å²) in [6.07, 6.45) is 5.48. The summed E-state index contributed by atoms with van der Waals surface area (Å²) in [6, 6.07) is 7.55. The molecule has 3 heteroatoms. The van der Waals surface area contributed by atoms with Gasteiger partial charge in [-0.3, -0.25) is 4.98 Å². The summed E-state index contributed by atoms with van der Waals surface area (Å²) < 4.78 is 0. The Morgan fingerprint density at radius 3 is 3.00 bits per heavy atom. The van der Waals surface area contributed by atoms with Crippen LogP contribution in [-0.4, -0.2) is 42.1 Å². The third kappa shape index (κ3) is 3.51. The van der Waals surface area contributed by atoms with E-state index in [2.05, 4.69) is 41.3 Å². The fourth-order valence-corrected chi connectivity index (χ4v) is 2.62. The maximum absolute atomic E-state index is 4.38. The van der Waals surface area contributed by atoms with Crippen LogP contribution in [0.5, 0.6) is 0 Å². The van der Waals surface area contributed by atoms with Gasteiger partial charge in [-0.25, -0.2) is 0 Å². The van der Waals surface area contributed by atoms with Crippen LogP contribution in [0.4, 0.5) is 0 Å². The molecule has 1 aliphatic rings. The Balaban J connectivity index is 1.80. The topological polar surface area (TPSA) is 28.2 Å². The summed E-state index contributed by atoms with van der Waals surface area (Å²) in [5.41, 5.74) is 1.20. The molecule has 1 aromatic heterocycles. The van der Waals surface area contributed by atoms with E-state index in [0.717, 1.165) is 13.0 Å². The van der Waals surface area contributed by atoms with Crippen LogP contribution in [0.2, 0.25) is 0 Å². The van der Waals surface area contributed by atoms with Crippen LogP contribution < -0.4 is 5.32 Å². The largest absolute Gasteiger partial charge is 0.317 e. The van der Waals surface area contributed by atoms with E-state index < -0.39 is 0 Å². The molecule has 1 aromatic rings. The van der Waals surface area contributed by atoms with Crippen LogP contribution in [0.15, 0.2) is 24.4 Å². The van der Waals surface area contributed by atoms with Gasteiger partial charge < -0.3 is 10.2 Å². The molecule has 0 aromatic carbocycles. The van der Waals surface area contributed by atoms with Gasteiger partial charge in [-0.2, -0.15) is 0 Å². The second-order valence-corrected chi connectivity index (χ2v) is 4.97. The maximum Gasteiger partial charge on any atom is 0.0416 e. The number of pyridine rings is 1. The Bertz CT molecular complexity index is 325. The van der Waals surface area contributed by atoms with Crippen LogP contribution >= 0.6 is 0 Å². The lowest BCUT2D eigenvalue weighted by molar-refractivity contribution is 0.140. The summed E-state index contributed by atoms with van der Waals surface area (Å²) in [4.78, 5) is 6.97. The summed E-state index contributed by atoms with van der Waals surface area (Å²) >= 11 is 0. The Morgan fingerprint density at radius 1 is 1.47 bits per heavy atom. The quantitative estimate of drug-likeness (QED) is 0.858. The molecule has 0 aliphatic carbocycles. The van der Waals surface area contributed by atoms with Crippen LogP contribution in [-0.2, 0) is 6.42 Å². The van der Waals surface area contributed by atoms with Crippen LogP contribution in [0.3, 0.4) is 0 Å². The van der Waals surface area contributed by atoms with E-state index in [9.17, 15) is 0 Å². The van der Waals surface area contributed by atoms with Crippen LogP contribution in [0, 0.1) is 0 Å². The van der Waals surface area contributed by atoms with E-state index in [1.165, 1.54) is 25.1 Å². The first-order valence-electron chi connectivity index (χ1n) is 6.61. The first-order valence-corrected chi connectivity index (χ1v) is 6.61. The van der Waals surface area contributed by atoms with Gasteiger partial charge in [0, 0.05) is 36.9 Å². The third-order valence-electron chi connectivity index (χ3n) is 3.80. The van der Waals surface area contributed by atoms with Gasteiger partial charge in [0.15, 0.2) is 0 Å². The van der Waals surface area contributed by atoms with Crippen LogP contribution in [0.1, 0.15) is 25.5 Å². The highest BCUT2D eigenvalue weighted by atomic mass is 15.2. The summed E-state index contributed by atoms with van der Waals surface area (Å²) in [5, 5.41) is 3.39. The number of nitrogens with one attached hydrogen (secondary N) is 1. The summed E-state index contributed by atoms with van der Waals surface area (Å²) in [6.45, 7) is 4.68. The SMILES string of the molecule is CNC1CCN(CCc2ccccn2)C(C)C1. The normalized spacial score (nSPS) is 26.0. The number of nitrogens with zero attached hydrogens (tertiary/aromatic N) is 2. The molecule has 2 rings (SSSR count). The number of rotatable bonds is 4. The average Bonchev–Trinajstić information content (AvgIpc) is 2.38. The molecule has 2 atom stereocenters. The van der Waals surface area contributed by atoms with Gasteiger partial charge in [-0.15, -0.1) is 0 Å². The van der Waals surface area contributed by atoms with Gasteiger partial charge in [-0.05, 0) is 45.5 Å². The highest BCUT2D eigenvalue weighted by Crippen LogP contribution is 2.17. The molecule has 0 spiro atoms. The summed E-state index contributed by atoms with van der Waals surface area (Å²) in [5.74, 6) is 0. The molecule has 1 aliphatic heterocycles. The first-order chi connectivity index (χ1) is 8.29. The molecule has 2 heterocycles. The Morgan fingerprint density at radius 2 is 2.35 bits per heavy atom. The molecule has 17 heavy (non-hydrogen) atoms. The zero-order valence-corrected chi connectivity index (χ0v) is 10.9. The lowest BCUT2D eigenvalue weighted by Crippen LogP contribution is -2.47. The van der Waals surface area contributed by atoms with E-state index in [1.54, 1.807) is 0 Å². The molecule has 2 unspecified atom stereocenters. The molecule has 3 nitrogen and oxygen atoms in total. The van der Waals surface area contributed by atoms with Gasteiger partial charge in [0.05, 0.1) is 0 Å². The molecule has 1 N–H and O–H groups in total. The molecule has 94 valence electrons. The number of hydrogen-bond donors (Lipinski definition) is 1. The van der Waals surface area contributed by atoms with E-state index in [0.29, 0.717) is 12.1 Å². The lowest BCUT2D eigenvalue weighted by atomic mass is 9.98. The molecular weight excluding hydrogens is 210 g/mol. The van der Waals surface area contributed by atoms with E-state index >= 15 is 0 Å². The van der Waals surface area contributed by atoms with Crippen molar-refractivity contribution in [2.24, 2.45) is 0 Å². The number of likely N-dealkylation sites (tertiary alicyclic amines) is 1. The Hall–Kier alpha value is -0.930. The van der Waals surface area contributed by atoms with Crippen molar-refractivity contribution >= 4 is 0 Å². The lowest BCUT2D eigenvalue weighted by Gasteiger charge is -2.37. The molecule has 0 amide bonds. The molecule has 0 bridgehead atoms. The van der Waals surface area contributed by atoms with Gasteiger partial charge in [0.2, 0.25) is 0 Å². The van der Waals surface area contributed by atoms with Gasteiger partial charge in [0.1, 0.15) is 0 Å². The zero-order chi connectivity index (χ0) is 12.1. The smallest absolute Gasteiger partial charge is 0.0416 e. The summed E-state index contributed by atoms with van der Waals surface area (Å²) in [7, 11) is 2.07. The minimum atomic E-state index is 0.685. The number of hydrogen-bond acceptors (Lipinski definition) is 3. The molecular formula is C14H23N3. The van der Waals surface area contributed by atoms with Gasteiger partial charge >= 0.3 is 0 Å². The fraction of sp³-hybridized carbons (Fsp3) is 0.643. The minimum absolute atomic E-state index is 0.685. The van der Waals surface area contributed by atoms with Crippen molar-refractivity contribution in [1.29, 1.82) is 0 Å². The molecule has 0 radical (unpaired) electrons. The second kappa shape index (κ2) is 6.12. The van der Waals surface area contributed by atoms with E-state index in [-0.39, 0.29) is 0 Å². The third-order valence-corrected chi connectivity index (χ3v) is 3.80. The van der Waals surface area contributed by atoms with E-state index in [1.807, 2.05) is 12.3 Å². The highest BCUT2D eigenvalue weighted by Gasteiger charge is 2.23. The second-order valence-electron chi connectivity index (χ2n) is 4.97. The Labute approximate surface area is 104 Å². The van der Waals surface area contributed by atoms with Crippen LogP contribution in [0.25, 0.3) is 0 Å². The van der Waals surface area contributed by atoms with Crippen molar-refractivity contribution in [2.75, 3.05) is 20.1 Å². The highest BCUT2D eigenvalue weighted by molar-refractivity contribution is 5.04.